The number of likely N-dealkylation sites (tertiary alicyclic amines) is 1. The van der Waals surface area contributed by atoms with Crippen molar-refractivity contribution in [2.75, 3.05) is 26.7 Å². The van der Waals surface area contributed by atoms with Crippen molar-refractivity contribution < 1.29 is 13.6 Å². The first-order valence-electron chi connectivity index (χ1n) is 8.48. The predicted octanol–water partition coefficient (Wildman–Crippen LogP) is 3.34. The van der Waals surface area contributed by atoms with E-state index >= 15 is 0 Å². The molecule has 24 heavy (non-hydrogen) atoms. The van der Waals surface area contributed by atoms with Gasteiger partial charge in [0.1, 0.15) is 0 Å². The van der Waals surface area contributed by atoms with Crippen LogP contribution >= 0.6 is 12.4 Å². The molecule has 6 heteroatoms. The number of nitrogens with zero attached hydrogens (tertiary/aromatic N) is 1. The van der Waals surface area contributed by atoms with Gasteiger partial charge < -0.3 is 10.2 Å². The Morgan fingerprint density at radius 2 is 1.96 bits per heavy atom. The lowest BCUT2D eigenvalue weighted by molar-refractivity contribution is -0.134. The molecular formula is C18H25ClF2N2O. The average Bonchev–Trinajstić information content (AvgIpc) is 3.36. The minimum Gasteiger partial charge on any atom is -0.342 e. The van der Waals surface area contributed by atoms with Gasteiger partial charge in [0.25, 0.3) is 0 Å². The van der Waals surface area contributed by atoms with Crippen molar-refractivity contribution in [3.8, 4) is 0 Å². The van der Waals surface area contributed by atoms with Crippen LogP contribution in [0.2, 0.25) is 0 Å². The van der Waals surface area contributed by atoms with E-state index in [1.165, 1.54) is 12.5 Å². The molecule has 1 aromatic carbocycles. The van der Waals surface area contributed by atoms with Gasteiger partial charge in [0.15, 0.2) is 11.6 Å². The van der Waals surface area contributed by atoms with E-state index < -0.39 is 11.6 Å². The number of halogens is 3. The topological polar surface area (TPSA) is 32.3 Å². The van der Waals surface area contributed by atoms with Gasteiger partial charge in [-0.3, -0.25) is 4.79 Å². The van der Waals surface area contributed by atoms with Crippen LogP contribution in [-0.2, 0) is 4.79 Å². The third kappa shape index (κ3) is 4.25. The van der Waals surface area contributed by atoms with Gasteiger partial charge in [-0.1, -0.05) is 6.07 Å². The predicted molar refractivity (Wildman–Crippen MR) is 92.3 cm³/mol. The molecule has 0 aromatic heterocycles. The number of nitrogens with one attached hydrogen (secondary N) is 1. The van der Waals surface area contributed by atoms with Crippen LogP contribution in [0.4, 0.5) is 8.78 Å². The highest BCUT2D eigenvalue weighted by Crippen LogP contribution is 2.49. The number of hydrogen-bond acceptors (Lipinski definition) is 2. The molecular weight excluding hydrogens is 334 g/mol. The highest BCUT2D eigenvalue weighted by Gasteiger charge is 2.46. The summed E-state index contributed by atoms with van der Waals surface area (Å²) in [7, 11) is 1.96. The van der Waals surface area contributed by atoms with E-state index in [9.17, 15) is 13.6 Å². The Balaban J connectivity index is 0.00000208. The Labute approximate surface area is 148 Å². The van der Waals surface area contributed by atoms with Crippen LogP contribution in [0, 0.1) is 23.5 Å². The van der Waals surface area contributed by atoms with E-state index in [-0.39, 0.29) is 30.2 Å². The fraction of sp³-hybridized carbons (Fsp3) is 0.611. The van der Waals surface area contributed by atoms with Crippen LogP contribution < -0.4 is 5.32 Å². The fourth-order valence-corrected chi connectivity index (χ4v) is 3.60. The molecule has 3 nitrogen and oxygen atoms in total. The van der Waals surface area contributed by atoms with E-state index in [4.69, 9.17) is 0 Å². The lowest BCUT2D eigenvalue weighted by Crippen LogP contribution is -2.40. The fourth-order valence-electron chi connectivity index (χ4n) is 3.60. The molecule has 1 amide bonds. The molecule has 2 aliphatic rings. The molecule has 0 spiro atoms. The summed E-state index contributed by atoms with van der Waals surface area (Å²) in [4.78, 5) is 14.5. The van der Waals surface area contributed by atoms with E-state index in [1.54, 1.807) is 6.07 Å². The van der Waals surface area contributed by atoms with Crippen molar-refractivity contribution in [3.63, 3.8) is 0 Å². The molecule has 1 aliphatic heterocycles. The Morgan fingerprint density at radius 1 is 1.25 bits per heavy atom. The Kier molecular flexibility index (Phi) is 6.58. The van der Waals surface area contributed by atoms with E-state index in [0.717, 1.165) is 50.5 Å². The summed E-state index contributed by atoms with van der Waals surface area (Å²) in [6.45, 7) is 2.68. The molecule has 3 rings (SSSR count). The van der Waals surface area contributed by atoms with Gasteiger partial charge in [-0.25, -0.2) is 8.78 Å². The zero-order chi connectivity index (χ0) is 16.4. The molecule has 2 fully saturated rings. The third-order valence-electron chi connectivity index (χ3n) is 5.21. The number of piperidine rings is 1. The van der Waals surface area contributed by atoms with Gasteiger partial charge in [0.2, 0.25) is 5.91 Å². The molecule has 0 bridgehead atoms. The summed E-state index contributed by atoms with van der Waals surface area (Å²) in [6, 6.07) is 3.98. The van der Waals surface area contributed by atoms with Crippen molar-refractivity contribution in [2.24, 2.45) is 11.8 Å². The van der Waals surface area contributed by atoms with Crippen molar-refractivity contribution in [1.29, 1.82) is 0 Å². The second-order valence-electron chi connectivity index (χ2n) is 6.78. The number of carbonyl (C=O) groups excluding carboxylic acids is 1. The summed E-state index contributed by atoms with van der Waals surface area (Å²) in [6.07, 6.45) is 4.05. The standard InChI is InChI=1S/C18H24F2N2O.ClH/c1-21-7-4-12-5-8-22(9-6-12)18(23)15-11-14(15)13-2-3-16(19)17(20)10-13;/h2-3,10,12,14-15,21H,4-9,11H2,1H3;1H. The highest BCUT2D eigenvalue weighted by molar-refractivity contribution is 5.85. The van der Waals surface area contributed by atoms with Gasteiger partial charge in [-0.15, -0.1) is 12.4 Å². The maximum absolute atomic E-state index is 13.3. The summed E-state index contributed by atoms with van der Waals surface area (Å²) >= 11 is 0. The van der Waals surface area contributed by atoms with Crippen LogP contribution in [0.15, 0.2) is 18.2 Å². The van der Waals surface area contributed by atoms with Crippen molar-refractivity contribution in [1.82, 2.24) is 10.2 Å². The Morgan fingerprint density at radius 3 is 2.58 bits per heavy atom. The molecule has 1 heterocycles. The van der Waals surface area contributed by atoms with Gasteiger partial charge >= 0.3 is 0 Å². The van der Waals surface area contributed by atoms with Crippen molar-refractivity contribution >= 4 is 18.3 Å². The summed E-state index contributed by atoms with van der Waals surface area (Å²) < 4.78 is 26.3. The molecule has 134 valence electrons. The third-order valence-corrected chi connectivity index (χ3v) is 5.21. The monoisotopic (exact) mass is 358 g/mol. The average molecular weight is 359 g/mol. The number of hydrogen-bond donors (Lipinski definition) is 1. The zero-order valence-corrected chi connectivity index (χ0v) is 14.7. The lowest BCUT2D eigenvalue weighted by Gasteiger charge is -2.32. The van der Waals surface area contributed by atoms with Crippen LogP contribution in [0.25, 0.3) is 0 Å². The van der Waals surface area contributed by atoms with Gasteiger partial charge in [-0.2, -0.15) is 0 Å². The smallest absolute Gasteiger partial charge is 0.226 e. The SMILES string of the molecule is CNCCC1CCN(C(=O)C2CC2c2ccc(F)c(F)c2)CC1.Cl. The Bertz CT molecular complexity index is 576. The number of amides is 1. The minimum atomic E-state index is -0.832. The quantitative estimate of drug-likeness (QED) is 0.875. The second kappa shape index (κ2) is 8.26. The maximum atomic E-state index is 13.3. The highest BCUT2D eigenvalue weighted by atomic mass is 35.5. The van der Waals surface area contributed by atoms with Crippen LogP contribution in [0.5, 0.6) is 0 Å². The number of rotatable bonds is 5. The summed E-state index contributed by atoms with van der Waals surface area (Å²) in [5.74, 6) is -0.764. The molecule has 0 radical (unpaired) electrons. The lowest BCUT2D eigenvalue weighted by atomic mass is 9.93. The Hall–Kier alpha value is -1.20. The molecule has 1 saturated carbocycles. The first-order valence-corrected chi connectivity index (χ1v) is 8.48. The van der Waals surface area contributed by atoms with Gasteiger partial charge in [0.05, 0.1) is 0 Å². The molecule has 1 N–H and O–H groups in total. The minimum absolute atomic E-state index is 0. The maximum Gasteiger partial charge on any atom is 0.226 e. The molecule has 1 saturated heterocycles. The first-order chi connectivity index (χ1) is 11.1. The first kappa shape index (κ1) is 19.1. The summed E-state index contributed by atoms with van der Waals surface area (Å²) in [5.41, 5.74) is 0.742. The van der Waals surface area contributed by atoms with Gasteiger partial charge in [0, 0.05) is 19.0 Å². The largest absolute Gasteiger partial charge is 0.342 e. The van der Waals surface area contributed by atoms with Crippen molar-refractivity contribution in [3.05, 3.63) is 35.4 Å². The zero-order valence-electron chi connectivity index (χ0n) is 13.9. The second-order valence-corrected chi connectivity index (χ2v) is 6.78. The molecule has 2 atom stereocenters. The van der Waals surface area contributed by atoms with Crippen molar-refractivity contribution in [2.45, 2.75) is 31.6 Å². The van der Waals surface area contributed by atoms with Crippen LogP contribution in [0.3, 0.4) is 0 Å². The number of benzene rings is 1. The van der Waals surface area contributed by atoms with E-state index in [2.05, 4.69) is 5.32 Å². The normalized spacial score (nSPS) is 23.7. The van der Waals surface area contributed by atoms with E-state index in [0.29, 0.717) is 5.92 Å². The van der Waals surface area contributed by atoms with Gasteiger partial charge in [-0.05, 0) is 68.8 Å². The number of carbonyl (C=O) groups is 1. The summed E-state index contributed by atoms with van der Waals surface area (Å²) in [5, 5.41) is 3.17. The molecule has 1 aromatic rings. The molecule has 2 unspecified atom stereocenters. The van der Waals surface area contributed by atoms with Crippen LogP contribution in [-0.4, -0.2) is 37.5 Å². The molecule has 1 aliphatic carbocycles. The van der Waals surface area contributed by atoms with E-state index in [1.807, 2.05) is 11.9 Å². The van der Waals surface area contributed by atoms with Crippen LogP contribution in [0.1, 0.15) is 37.2 Å².